The molecule has 27 heavy (non-hydrogen) atoms. The van der Waals surface area contributed by atoms with Gasteiger partial charge < -0.3 is 4.74 Å². The Kier molecular flexibility index (Phi) is 4.02. The normalized spacial score (nSPS) is 29.1. The minimum atomic E-state index is -0.414. The molecule has 0 spiro atoms. The maximum Gasteiger partial charge on any atom is 0.241 e. The van der Waals surface area contributed by atoms with Gasteiger partial charge in [-0.25, -0.2) is 4.90 Å². The third-order valence-electron chi connectivity index (χ3n) is 5.54. The fourth-order valence-corrected chi connectivity index (χ4v) is 5.07. The molecule has 3 saturated heterocycles. The molecule has 0 radical (unpaired) electrons. The summed E-state index contributed by atoms with van der Waals surface area (Å²) in [7, 11) is 0. The van der Waals surface area contributed by atoms with Gasteiger partial charge in [0.1, 0.15) is 5.02 Å². The second-order valence-electron chi connectivity index (χ2n) is 7.09. The standard InChI is InChI=1S/C18H14Cl3N3O3/c19-9-2-1-8(10(20)5-9)6-23-7-11(21)16(22-23)24-17(25)14-12-3-4-13(27-12)15(14)18(24)26/h1-2,5,7,12-15H,3-4,6H2/t12-,13-,14-,15+/m1/s1. The Bertz CT molecular complexity index is 948. The lowest BCUT2D eigenvalue weighted by Crippen LogP contribution is -2.34. The highest BCUT2D eigenvalue weighted by Gasteiger charge is 2.63. The minimum Gasteiger partial charge on any atom is -0.373 e. The zero-order valence-corrected chi connectivity index (χ0v) is 16.2. The zero-order valence-electron chi connectivity index (χ0n) is 13.9. The average molecular weight is 427 g/mol. The van der Waals surface area contributed by atoms with Gasteiger partial charge in [0.2, 0.25) is 11.8 Å². The van der Waals surface area contributed by atoms with E-state index < -0.39 is 11.8 Å². The summed E-state index contributed by atoms with van der Waals surface area (Å²) >= 11 is 18.5. The van der Waals surface area contributed by atoms with Crippen molar-refractivity contribution in [3.05, 3.63) is 45.0 Å². The number of rotatable bonds is 3. The van der Waals surface area contributed by atoms with Crippen molar-refractivity contribution < 1.29 is 14.3 Å². The van der Waals surface area contributed by atoms with Gasteiger partial charge in [0.25, 0.3) is 0 Å². The molecule has 9 heteroatoms. The molecule has 3 aliphatic heterocycles. The van der Waals surface area contributed by atoms with Crippen LogP contribution >= 0.6 is 34.8 Å². The van der Waals surface area contributed by atoms with Crippen molar-refractivity contribution in [3.63, 3.8) is 0 Å². The molecule has 0 N–H and O–H groups in total. The lowest BCUT2D eigenvalue weighted by Gasteiger charge is -2.15. The zero-order chi connectivity index (χ0) is 18.9. The summed E-state index contributed by atoms with van der Waals surface area (Å²) in [5.74, 6) is -1.19. The van der Waals surface area contributed by atoms with Crippen LogP contribution in [0.15, 0.2) is 24.4 Å². The summed E-state index contributed by atoms with van der Waals surface area (Å²) in [5.41, 5.74) is 0.800. The van der Waals surface area contributed by atoms with E-state index in [1.165, 1.54) is 0 Å². The fourth-order valence-electron chi connectivity index (χ4n) is 4.36. The molecule has 0 aliphatic carbocycles. The molecule has 3 fully saturated rings. The number of fused-ring (bicyclic) bond motifs is 5. The van der Waals surface area contributed by atoms with E-state index in [9.17, 15) is 9.59 Å². The first-order valence-electron chi connectivity index (χ1n) is 8.64. The van der Waals surface area contributed by atoms with Gasteiger partial charge in [-0.05, 0) is 30.5 Å². The van der Waals surface area contributed by atoms with Crippen LogP contribution < -0.4 is 4.90 Å². The van der Waals surface area contributed by atoms with Crippen molar-refractivity contribution in [3.8, 4) is 0 Å². The highest BCUT2D eigenvalue weighted by molar-refractivity contribution is 6.36. The molecule has 1 aromatic carbocycles. The van der Waals surface area contributed by atoms with Crippen molar-refractivity contribution in [1.29, 1.82) is 0 Å². The van der Waals surface area contributed by atoms with Gasteiger partial charge in [0, 0.05) is 16.2 Å². The third-order valence-corrected chi connectivity index (χ3v) is 6.40. The number of nitrogens with zero attached hydrogens (tertiary/aromatic N) is 3. The van der Waals surface area contributed by atoms with Gasteiger partial charge >= 0.3 is 0 Å². The number of aromatic nitrogens is 2. The van der Waals surface area contributed by atoms with Crippen LogP contribution in [-0.2, 0) is 20.9 Å². The molecule has 4 atom stereocenters. The Morgan fingerprint density at radius 1 is 1.04 bits per heavy atom. The van der Waals surface area contributed by atoms with E-state index in [2.05, 4.69) is 5.10 Å². The molecule has 3 aliphatic rings. The minimum absolute atomic E-state index is 0.171. The summed E-state index contributed by atoms with van der Waals surface area (Å²) < 4.78 is 7.31. The number of ether oxygens (including phenoxy) is 1. The molecule has 0 saturated carbocycles. The number of halogens is 3. The Hall–Kier alpha value is -1.60. The summed E-state index contributed by atoms with van der Waals surface area (Å²) in [6.45, 7) is 0.340. The van der Waals surface area contributed by atoms with E-state index >= 15 is 0 Å². The summed E-state index contributed by atoms with van der Waals surface area (Å²) in [6, 6.07) is 5.18. The number of imide groups is 1. The molecule has 4 heterocycles. The van der Waals surface area contributed by atoms with Gasteiger partial charge in [-0.15, -0.1) is 0 Å². The average Bonchev–Trinajstić information content (AvgIpc) is 3.36. The Morgan fingerprint density at radius 2 is 1.70 bits per heavy atom. The molecule has 1 aromatic heterocycles. The van der Waals surface area contributed by atoms with Crippen LogP contribution in [0.3, 0.4) is 0 Å². The fraction of sp³-hybridized carbons (Fsp3) is 0.389. The highest BCUT2D eigenvalue weighted by Crippen LogP contribution is 2.49. The third kappa shape index (κ3) is 2.62. The number of carbonyl (C=O) groups is 2. The molecule has 2 bridgehead atoms. The predicted molar refractivity (Wildman–Crippen MR) is 100 cm³/mol. The highest BCUT2D eigenvalue weighted by atomic mass is 35.5. The molecular formula is C18H14Cl3N3O3. The number of anilines is 1. The largest absolute Gasteiger partial charge is 0.373 e. The molecular weight excluding hydrogens is 413 g/mol. The first-order valence-corrected chi connectivity index (χ1v) is 9.77. The number of hydrogen-bond donors (Lipinski definition) is 0. The number of amides is 2. The number of benzene rings is 1. The maximum absolute atomic E-state index is 12.9. The van der Waals surface area contributed by atoms with Crippen molar-refractivity contribution in [2.24, 2.45) is 11.8 Å². The molecule has 2 aromatic rings. The van der Waals surface area contributed by atoms with E-state index in [0.29, 0.717) is 16.6 Å². The topological polar surface area (TPSA) is 64.4 Å². The van der Waals surface area contributed by atoms with Crippen LogP contribution in [0.25, 0.3) is 0 Å². The van der Waals surface area contributed by atoms with Crippen LogP contribution in [0.1, 0.15) is 18.4 Å². The smallest absolute Gasteiger partial charge is 0.241 e. The van der Waals surface area contributed by atoms with E-state index in [4.69, 9.17) is 39.5 Å². The Labute approximate surface area is 169 Å². The Morgan fingerprint density at radius 3 is 2.33 bits per heavy atom. The van der Waals surface area contributed by atoms with E-state index in [-0.39, 0.29) is 34.9 Å². The monoisotopic (exact) mass is 425 g/mol. The van der Waals surface area contributed by atoms with Gasteiger partial charge in [0.05, 0.1) is 30.6 Å². The first kappa shape index (κ1) is 17.5. The van der Waals surface area contributed by atoms with Crippen LogP contribution in [0.4, 0.5) is 5.82 Å². The lowest BCUT2D eigenvalue weighted by atomic mass is 9.81. The quantitative estimate of drug-likeness (QED) is 0.704. The van der Waals surface area contributed by atoms with Crippen LogP contribution in [0, 0.1) is 11.8 Å². The second kappa shape index (κ2) is 6.21. The van der Waals surface area contributed by atoms with Crippen LogP contribution in [0.2, 0.25) is 15.1 Å². The van der Waals surface area contributed by atoms with Crippen molar-refractivity contribution in [1.82, 2.24) is 9.78 Å². The number of hydrogen-bond acceptors (Lipinski definition) is 4. The molecule has 140 valence electrons. The van der Waals surface area contributed by atoms with Crippen LogP contribution in [-0.4, -0.2) is 33.8 Å². The van der Waals surface area contributed by atoms with Gasteiger partial charge in [-0.2, -0.15) is 5.10 Å². The van der Waals surface area contributed by atoms with E-state index in [1.807, 2.05) is 0 Å². The predicted octanol–water partition coefficient (Wildman–Crippen LogP) is 3.56. The molecule has 5 rings (SSSR count). The van der Waals surface area contributed by atoms with Crippen molar-refractivity contribution >= 4 is 52.4 Å². The van der Waals surface area contributed by atoms with Crippen molar-refractivity contribution in [2.45, 2.75) is 31.6 Å². The Balaban J connectivity index is 1.45. The number of carbonyl (C=O) groups excluding carboxylic acids is 2. The molecule has 0 unspecified atom stereocenters. The summed E-state index contributed by atoms with van der Waals surface area (Å²) in [6.07, 6.45) is 2.87. The van der Waals surface area contributed by atoms with E-state index in [1.54, 1.807) is 29.1 Å². The summed E-state index contributed by atoms with van der Waals surface area (Å²) in [5, 5.41) is 5.68. The second-order valence-corrected chi connectivity index (χ2v) is 8.34. The maximum atomic E-state index is 12.9. The van der Waals surface area contributed by atoms with Gasteiger partial charge in [0.15, 0.2) is 5.82 Å². The molecule has 2 amide bonds. The first-order chi connectivity index (χ1) is 12.9. The molecule has 6 nitrogen and oxygen atoms in total. The summed E-state index contributed by atoms with van der Waals surface area (Å²) in [4.78, 5) is 26.9. The van der Waals surface area contributed by atoms with E-state index in [0.717, 1.165) is 23.3 Å². The van der Waals surface area contributed by atoms with Gasteiger partial charge in [-0.1, -0.05) is 40.9 Å². The lowest BCUT2D eigenvalue weighted by molar-refractivity contribution is -0.124. The van der Waals surface area contributed by atoms with Crippen LogP contribution in [0.5, 0.6) is 0 Å². The van der Waals surface area contributed by atoms with Crippen molar-refractivity contribution in [2.75, 3.05) is 4.90 Å². The van der Waals surface area contributed by atoms with Gasteiger partial charge in [-0.3, -0.25) is 14.3 Å². The SMILES string of the molecule is O=C1[C@@H]2[C@H](C(=O)N1c1nn(Cc3ccc(Cl)cc3Cl)cc1Cl)[C@H]1CC[C@H]2O1.